The van der Waals surface area contributed by atoms with Crippen LogP contribution < -0.4 is 5.32 Å². The maximum absolute atomic E-state index is 13.0. The van der Waals surface area contributed by atoms with Crippen molar-refractivity contribution in [3.63, 3.8) is 0 Å². The number of hydrogen-bond acceptors (Lipinski definition) is 2. The summed E-state index contributed by atoms with van der Waals surface area (Å²) in [5.74, 6) is -1.60. The molecule has 6 heteroatoms. The second kappa shape index (κ2) is 6.72. The van der Waals surface area contributed by atoms with E-state index in [1.54, 1.807) is 0 Å². The molecule has 1 aromatic rings. The van der Waals surface area contributed by atoms with Gasteiger partial charge in [0.1, 0.15) is 5.82 Å². The average Bonchev–Trinajstić information content (AvgIpc) is 2.45. The Bertz CT molecular complexity index is 556. The third kappa shape index (κ3) is 3.72. The summed E-state index contributed by atoms with van der Waals surface area (Å²) in [6, 6.07) is 3.93. The van der Waals surface area contributed by atoms with Crippen molar-refractivity contribution in [2.75, 3.05) is 6.54 Å². The van der Waals surface area contributed by atoms with Crippen LogP contribution in [-0.2, 0) is 4.79 Å². The molecule has 0 aromatic heterocycles. The zero-order chi connectivity index (χ0) is 15.5. The van der Waals surface area contributed by atoms with Gasteiger partial charge in [0, 0.05) is 10.1 Å². The third-order valence-corrected chi connectivity index (χ3v) is 4.92. The van der Waals surface area contributed by atoms with Gasteiger partial charge < -0.3 is 10.4 Å². The van der Waals surface area contributed by atoms with E-state index in [2.05, 4.69) is 5.32 Å². The second-order valence-corrected chi connectivity index (χ2v) is 6.62. The fraction of sp³-hybridized carbons (Fsp3) is 0.467. The SMILES string of the molecule is O=C(NCC1(C(=O)O)CCCCC1)c1ccc(F)cc1I. The summed E-state index contributed by atoms with van der Waals surface area (Å²) >= 11 is 1.90. The van der Waals surface area contributed by atoms with Gasteiger partial charge in [-0.25, -0.2) is 4.39 Å². The Labute approximate surface area is 136 Å². The van der Waals surface area contributed by atoms with Gasteiger partial charge in [-0.3, -0.25) is 9.59 Å². The summed E-state index contributed by atoms with van der Waals surface area (Å²) in [4.78, 5) is 23.7. The van der Waals surface area contributed by atoms with E-state index in [1.165, 1.54) is 18.2 Å². The maximum atomic E-state index is 13.0. The van der Waals surface area contributed by atoms with Crippen molar-refractivity contribution < 1.29 is 19.1 Å². The number of carbonyl (C=O) groups is 2. The fourth-order valence-corrected chi connectivity index (χ4v) is 3.44. The molecule has 1 aliphatic rings. The molecule has 1 aromatic carbocycles. The molecule has 2 N–H and O–H groups in total. The molecule has 0 radical (unpaired) electrons. The van der Waals surface area contributed by atoms with Gasteiger partial charge in [0.05, 0.1) is 11.0 Å². The Kier molecular flexibility index (Phi) is 5.18. The summed E-state index contributed by atoms with van der Waals surface area (Å²) in [5.41, 5.74) is -0.493. The first-order chi connectivity index (χ1) is 9.94. The van der Waals surface area contributed by atoms with E-state index < -0.39 is 17.2 Å². The Morgan fingerprint density at radius 1 is 1.29 bits per heavy atom. The molecule has 0 saturated heterocycles. The number of hydrogen-bond donors (Lipinski definition) is 2. The predicted molar refractivity (Wildman–Crippen MR) is 84.6 cm³/mol. The summed E-state index contributed by atoms with van der Waals surface area (Å²) in [5, 5.41) is 12.2. The van der Waals surface area contributed by atoms with Gasteiger partial charge in [0.2, 0.25) is 0 Å². The summed E-state index contributed by atoms with van der Waals surface area (Å²) in [7, 11) is 0. The van der Waals surface area contributed by atoms with Crippen molar-refractivity contribution in [3.8, 4) is 0 Å². The number of carboxylic acid groups (broad SMARTS) is 1. The number of benzene rings is 1. The van der Waals surface area contributed by atoms with Crippen LogP contribution in [0.5, 0.6) is 0 Å². The highest BCUT2D eigenvalue weighted by atomic mass is 127. The van der Waals surface area contributed by atoms with E-state index in [4.69, 9.17) is 0 Å². The Morgan fingerprint density at radius 3 is 2.52 bits per heavy atom. The van der Waals surface area contributed by atoms with Gasteiger partial charge in [-0.05, 0) is 53.6 Å². The molecule has 0 heterocycles. The molecular formula is C15H17FINO3. The second-order valence-electron chi connectivity index (χ2n) is 5.45. The van der Waals surface area contributed by atoms with E-state index in [9.17, 15) is 19.1 Å². The average molecular weight is 405 g/mol. The van der Waals surface area contributed by atoms with Crippen molar-refractivity contribution in [2.45, 2.75) is 32.1 Å². The first kappa shape index (κ1) is 16.2. The number of nitrogens with one attached hydrogen (secondary N) is 1. The Balaban J connectivity index is 2.07. The summed E-state index contributed by atoms with van der Waals surface area (Å²) in [6.45, 7) is 0.120. The molecule has 4 nitrogen and oxygen atoms in total. The molecule has 0 bridgehead atoms. The fourth-order valence-electron chi connectivity index (χ4n) is 2.71. The molecule has 114 valence electrons. The quantitative estimate of drug-likeness (QED) is 0.757. The minimum atomic E-state index is -0.862. The van der Waals surface area contributed by atoms with Gasteiger partial charge >= 0.3 is 5.97 Å². The highest BCUT2D eigenvalue weighted by molar-refractivity contribution is 14.1. The predicted octanol–water partition coefficient (Wildman–Crippen LogP) is 3.20. The molecule has 0 aliphatic heterocycles. The lowest BCUT2D eigenvalue weighted by molar-refractivity contribution is -0.150. The van der Waals surface area contributed by atoms with Gasteiger partial charge in [-0.15, -0.1) is 0 Å². The zero-order valence-electron chi connectivity index (χ0n) is 11.5. The molecule has 0 atom stereocenters. The highest BCUT2D eigenvalue weighted by Crippen LogP contribution is 2.36. The van der Waals surface area contributed by atoms with Crippen LogP contribution in [0.15, 0.2) is 18.2 Å². The number of halogens is 2. The van der Waals surface area contributed by atoms with Crippen molar-refractivity contribution in [1.82, 2.24) is 5.32 Å². The first-order valence-electron chi connectivity index (χ1n) is 6.91. The first-order valence-corrected chi connectivity index (χ1v) is 7.99. The number of amides is 1. The lowest BCUT2D eigenvalue weighted by Gasteiger charge is -2.33. The largest absolute Gasteiger partial charge is 0.481 e. The van der Waals surface area contributed by atoms with Gasteiger partial charge in [0.25, 0.3) is 5.91 Å². The monoisotopic (exact) mass is 405 g/mol. The van der Waals surface area contributed by atoms with Gasteiger partial charge in [0.15, 0.2) is 0 Å². The minimum absolute atomic E-state index is 0.120. The molecule has 0 unspecified atom stereocenters. The van der Waals surface area contributed by atoms with Crippen molar-refractivity contribution in [1.29, 1.82) is 0 Å². The van der Waals surface area contributed by atoms with Gasteiger partial charge in [-0.1, -0.05) is 19.3 Å². The smallest absolute Gasteiger partial charge is 0.311 e. The van der Waals surface area contributed by atoms with Crippen LogP contribution >= 0.6 is 22.6 Å². The topological polar surface area (TPSA) is 66.4 Å². The van der Waals surface area contributed by atoms with Crippen LogP contribution in [0, 0.1) is 14.8 Å². The van der Waals surface area contributed by atoms with E-state index in [1.807, 2.05) is 22.6 Å². The van der Waals surface area contributed by atoms with E-state index in [0.29, 0.717) is 22.0 Å². The summed E-state index contributed by atoms with van der Waals surface area (Å²) in [6.07, 6.45) is 3.96. The molecular weight excluding hydrogens is 388 g/mol. The van der Waals surface area contributed by atoms with Crippen molar-refractivity contribution in [3.05, 3.63) is 33.1 Å². The van der Waals surface area contributed by atoms with Crippen molar-refractivity contribution in [2.24, 2.45) is 5.41 Å². The third-order valence-electron chi connectivity index (χ3n) is 4.03. The highest BCUT2D eigenvalue weighted by Gasteiger charge is 2.39. The van der Waals surface area contributed by atoms with E-state index in [0.717, 1.165) is 19.3 Å². The standard InChI is InChI=1S/C15H17FINO3/c16-10-4-5-11(12(17)8-10)13(19)18-9-15(14(20)21)6-2-1-3-7-15/h4-5,8H,1-3,6-7,9H2,(H,18,19)(H,20,21). The summed E-state index contributed by atoms with van der Waals surface area (Å²) < 4.78 is 13.6. The molecule has 21 heavy (non-hydrogen) atoms. The molecule has 1 amide bonds. The Hall–Kier alpha value is -1.18. The van der Waals surface area contributed by atoms with Crippen molar-refractivity contribution >= 4 is 34.5 Å². The van der Waals surface area contributed by atoms with Crippen LogP contribution in [0.2, 0.25) is 0 Å². The maximum Gasteiger partial charge on any atom is 0.311 e. The normalized spacial score (nSPS) is 17.2. The van der Waals surface area contributed by atoms with E-state index in [-0.39, 0.29) is 12.5 Å². The molecule has 1 saturated carbocycles. The number of aliphatic carboxylic acids is 1. The van der Waals surface area contributed by atoms with Crippen LogP contribution in [0.4, 0.5) is 4.39 Å². The molecule has 0 spiro atoms. The Morgan fingerprint density at radius 2 is 1.95 bits per heavy atom. The number of carboxylic acids is 1. The number of carbonyl (C=O) groups excluding carboxylic acids is 1. The molecule has 1 aliphatic carbocycles. The van der Waals surface area contributed by atoms with Gasteiger partial charge in [-0.2, -0.15) is 0 Å². The molecule has 1 fully saturated rings. The van der Waals surface area contributed by atoms with E-state index >= 15 is 0 Å². The van der Waals surface area contributed by atoms with Crippen LogP contribution in [0.25, 0.3) is 0 Å². The lowest BCUT2D eigenvalue weighted by atomic mass is 9.74. The van der Waals surface area contributed by atoms with Crippen LogP contribution in [0.3, 0.4) is 0 Å². The van der Waals surface area contributed by atoms with Crippen LogP contribution in [0.1, 0.15) is 42.5 Å². The molecule has 2 rings (SSSR count). The van der Waals surface area contributed by atoms with Crippen LogP contribution in [-0.4, -0.2) is 23.5 Å². The lowest BCUT2D eigenvalue weighted by Crippen LogP contribution is -2.44. The number of rotatable bonds is 4. The minimum Gasteiger partial charge on any atom is -0.481 e. The zero-order valence-corrected chi connectivity index (χ0v) is 13.7.